The van der Waals surface area contributed by atoms with Crippen molar-refractivity contribution in [1.82, 2.24) is 15.3 Å². The molecule has 1 fully saturated rings. The van der Waals surface area contributed by atoms with Crippen LogP contribution in [0.25, 0.3) is 0 Å². The van der Waals surface area contributed by atoms with Crippen molar-refractivity contribution in [3.8, 4) is 0 Å². The monoisotopic (exact) mass is 296 g/mol. The van der Waals surface area contributed by atoms with Gasteiger partial charge in [-0.1, -0.05) is 17.7 Å². The molecule has 0 saturated carbocycles. The van der Waals surface area contributed by atoms with Gasteiger partial charge in [-0.2, -0.15) is 0 Å². The van der Waals surface area contributed by atoms with E-state index in [-0.39, 0.29) is 5.91 Å². The first-order valence-electron chi connectivity index (χ1n) is 7.64. The Bertz CT molecular complexity index is 648. The highest BCUT2D eigenvalue weighted by Gasteiger charge is 2.14. The van der Waals surface area contributed by atoms with Crippen molar-refractivity contribution >= 4 is 11.7 Å². The summed E-state index contributed by atoms with van der Waals surface area (Å²) < 4.78 is 0. The van der Waals surface area contributed by atoms with Crippen molar-refractivity contribution < 1.29 is 4.79 Å². The second-order valence-corrected chi connectivity index (χ2v) is 5.57. The molecule has 0 spiro atoms. The number of nitrogens with one attached hydrogen (secondary N) is 1. The number of anilines is 1. The number of carbonyl (C=O) groups is 1. The van der Waals surface area contributed by atoms with E-state index in [2.05, 4.69) is 20.2 Å². The molecule has 5 heteroatoms. The lowest BCUT2D eigenvalue weighted by Gasteiger charge is -2.16. The van der Waals surface area contributed by atoms with Gasteiger partial charge in [0, 0.05) is 24.8 Å². The van der Waals surface area contributed by atoms with Gasteiger partial charge in [-0.3, -0.25) is 4.79 Å². The van der Waals surface area contributed by atoms with Crippen LogP contribution in [0.3, 0.4) is 0 Å². The Kier molecular flexibility index (Phi) is 4.32. The van der Waals surface area contributed by atoms with Crippen molar-refractivity contribution in [3.05, 3.63) is 53.5 Å². The summed E-state index contributed by atoms with van der Waals surface area (Å²) in [5.74, 6) is 1.49. The zero-order valence-corrected chi connectivity index (χ0v) is 12.7. The number of hydrogen-bond donors (Lipinski definition) is 1. The molecule has 114 valence electrons. The molecule has 3 rings (SSSR count). The molecule has 2 heterocycles. The Labute approximate surface area is 130 Å². The predicted octanol–water partition coefficient (Wildman–Crippen LogP) is 2.32. The molecule has 1 aromatic heterocycles. The van der Waals surface area contributed by atoms with Crippen molar-refractivity contribution in [2.24, 2.45) is 0 Å². The third-order valence-corrected chi connectivity index (χ3v) is 3.84. The second-order valence-electron chi connectivity index (χ2n) is 5.57. The molecule has 1 aromatic carbocycles. The number of carbonyl (C=O) groups excluding carboxylic acids is 1. The van der Waals surface area contributed by atoms with E-state index in [0.717, 1.165) is 24.5 Å². The van der Waals surface area contributed by atoms with E-state index in [4.69, 9.17) is 0 Å². The maximum Gasteiger partial charge on any atom is 0.251 e. The minimum absolute atomic E-state index is 0.102. The highest BCUT2D eigenvalue weighted by atomic mass is 16.1. The summed E-state index contributed by atoms with van der Waals surface area (Å²) in [7, 11) is 0. The van der Waals surface area contributed by atoms with Crippen LogP contribution in [-0.4, -0.2) is 29.0 Å². The largest absolute Gasteiger partial charge is 0.357 e. The number of rotatable bonds is 4. The third kappa shape index (κ3) is 3.42. The standard InChI is InChI=1S/C17H20N4O/c1-13-4-6-14(7-5-13)17(22)19-12-15-18-9-8-16(20-15)21-10-2-3-11-21/h4-9H,2-3,10-12H2,1H3,(H,19,22). The molecule has 5 nitrogen and oxygen atoms in total. The normalized spacial score (nSPS) is 14.1. The number of nitrogens with zero attached hydrogens (tertiary/aromatic N) is 3. The molecule has 0 atom stereocenters. The molecule has 1 saturated heterocycles. The van der Waals surface area contributed by atoms with E-state index in [1.54, 1.807) is 6.20 Å². The first-order chi connectivity index (χ1) is 10.7. The Hall–Kier alpha value is -2.43. The fourth-order valence-electron chi connectivity index (χ4n) is 2.56. The highest BCUT2D eigenvalue weighted by molar-refractivity contribution is 5.94. The average molecular weight is 296 g/mol. The van der Waals surface area contributed by atoms with Crippen LogP contribution < -0.4 is 10.2 Å². The average Bonchev–Trinajstić information content (AvgIpc) is 3.08. The third-order valence-electron chi connectivity index (χ3n) is 3.84. The van der Waals surface area contributed by atoms with Gasteiger partial charge >= 0.3 is 0 Å². The highest BCUT2D eigenvalue weighted by Crippen LogP contribution is 2.16. The fourth-order valence-corrected chi connectivity index (χ4v) is 2.56. The first kappa shape index (κ1) is 14.5. The van der Waals surface area contributed by atoms with Crippen LogP contribution in [0.4, 0.5) is 5.82 Å². The molecule has 1 aliphatic heterocycles. The molecule has 0 radical (unpaired) electrons. The molecule has 0 unspecified atom stereocenters. The van der Waals surface area contributed by atoms with Crippen molar-refractivity contribution in [2.45, 2.75) is 26.3 Å². The van der Waals surface area contributed by atoms with Crippen LogP contribution in [0.1, 0.15) is 34.6 Å². The lowest BCUT2D eigenvalue weighted by molar-refractivity contribution is 0.0950. The summed E-state index contributed by atoms with van der Waals surface area (Å²) in [4.78, 5) is 23.1. The van der Waals surface area contributed by atoms with E-state index < -0.39 is 0 Å². The topological polar surface area (TPSA) is 58.1 Å². The molecular weight excluding hydrogens is 276 g/mol. The minimum atomic E-state index is -0.102. The summed E-state index contributed by atoms with van der Waals surface area (Å²) in [6.07, 6.45) is 4.18. The quantitative estimate of drug-likeness (QED) is 0.940. The van der Waals surface area contributed by atoms with Crippen molar-refractivity contribution in [2.75, 3.05) is 18.0 Å². The van der Waals surface area contributed by atoms with Gasteiger partial charge in [-0.15, -0.1) is 0 Å². The molecule has 22 heavy (non-hydrogen) atoms. The second kappa shape index (κ2) is 6.56. The van der Waals surface area contributed by atoms with Gasteiger partial charge in [0.2, 0.25) is 0 Å². The van der Waals surface area contributed by atoms with E-state index >= 15 is 0 Å². The molecule has 0 aliphatic carbocycles. The maximum atomic E-state index is 12.1. The first-order valence-corrected chi connectivity index (χ1v) is 7.64. The lowest BCUT2D eigenvalue weighted by atomic mass is 10.1. The summed E-state index contributed by atoms with van der Waals surface area (Å²) in [5.41, 5.74) is 1.79. The predicted molar refractivity (Wildman–Crippen MR) is 85.8 cm³/mol. The molecule has 0 bridgehead atoms. The van der Waals surface area contributed by atoms with Crippen molar-refractivity contribution in [1.29, 1.82) is 0 Å². The molecule has 1 N–H and O–H groups in total. The van der Waals surface area contributed by atoms with E-state index in [0.29, 0.717) is 17.9 Å². The van der Waals surface area contributed by atoms with Crippen LogP contribution in [-0.2, 0) is 6.54 Å². The van der Waals surface area contributed by atoms with Crippen LogP contribution >= 0.6 is 0 Å². The van der Waals surface area contributed by atoms with E-state index in [1.165, 1.54) is 12.8 Å². The zero-order chi connectivity index (χ0) is 15.4. The maximum absolute atomic E-state index is 12.1. The van der Waals surface area contributed by atoms with E-state index in [9.17, 15) is 4.79 Å². The minimum Gasteiger partial charge on any atom is -0.357 e. The number of aromatic nitrogens is 2. The number of benzene rings is 1. The van der Waals surface area contributed by atoms with Crippen LogP contribution in [0, 0.1) is 6.92 Å². The van der Waals surface area contributed by atoms with Gasteiger partial charge in [-0.25, -0.2) is 9.97 Å². The molecule has 2 aromatic rings. The van der Waals surface area contributed by atoms with Crippen LogP contribution in [0.2, 0.25) is 0 Å². The summed E-state index contributed by atoms with van der Waals surface area (Å²) in [5, 5.41) is 2.87. The van der Waals surface area contributed by atoms with Crippen LogP contribution in [0.5, 0.6) is 0 Å². The smallest absolute Gasteiger partial charge is 0.251 e. The number of aryl methyl sites for hydroxylation is 1. The molecule has 1 aliphatic rings. The Morgan fingerprint density at radius 3 is 2.64 bits per heavy atom. The molecular formula is C17H20N4O. The molecule has 1 amide bonds. The Balaban J connectivity index is 1.62. The van der Waals surface area contributed by atoms with Gasteiger partial charge < -0.3 is 10.2 Å². The Morgan fingerprint density at radius 1 is 1.18 bits per heavy atom. The number of hydrogen-bond acceptors (Lipinski definition) is 4. The van der Waals surface area contributed by atoms with Gasteiger partial charge in [0.1, 0.15) is 11.6 Å². The van der Waals surface area contributed by atoms with Gasteiger partial charge in [0.05, 0.1) is 6.54 Å². The van der Waals surface area contributed by atoms with Crippen LogP contribution in [0.15, 0.2) is 36.5 Å². The lowest BCUT2D eigenvalue weighted by Crippen LogP contribution is -2.25. The SMILES string of the molecule is Cc1ccc(C(=O)NCc2nccc(N3CCCC3)n2)cc1. The van der Waals surface area contributed by atoms with E-state index in [1.807, 2.05) is 37.3 Å². The van der Waals surface area contributed by atoms with Gasteiger partial charge in [0.25, 0.3) is 5.91 Å². The summed E-state index contributed by atoms with van der Waals surface area (Å²) >= 11 is 0. The Morgan fingerprint density at radius 2 is 1.91 bits per heavy atom. The van der Waals surface area contributed by atoms with Gasteiger partial charge in [-0.05, 0) is 38.0 Å². The van der Waals surface area contributed by atoms with Gasteiger partial charge in [0.15, 0.2) is 0 Å². The number of amides is 1. The summed E-state index contributed by atoms with van der Waals surface area (Å²) in [6.45, 7) is 4.44. The summed E-state index contributed by atoms with van der Waals surface area (Å²) in [6, 6.07) is 9.44. The van der Waals surface area contributed by atoms with Crippen molar-refractivity contribution in [3.63, 3.8) is 0 Å². The fraction of sp³-hybridized carbons (Fsp3) is 0.353. The zero-order valence-electron chi connectivity index (χ0n) is 12.7.